The van der Waals surface area contributed by atoms with Gasteiger partial charge in [0, 0.05) is 18.0 Å². The van der Waals surface area contributed by atoms with E-state index in [2.05, 4.69) is 11.6 Å². The maximum absolute atomic E-state index is 12.8. The molecule has 72 valence electrons. The molecule has 1 nitrogen and oxygen atoms in total. The summed E-state index contributed by atoms with van der Waals surface area (Å²) in [5.74, 6) is 0.855. The Labute approximate surface area is 82.7 Å². The summed E-state index contributed by atoms with van der Waals surface area (Å²) in [5.41, 5.74) is 1.98. The fourth-order valence-corrected chi connectivity index (χ4v) is 1.38. The highest BCUT2D eigenvalue weighted by Crippen LogP contribution is 2.15. The number of hydrogen-bond acceptors (Lipinski definition) is 2. The van der Waals surface area contributed by atoms with Crippen molar-refractivity contribution in [3.63, 3.8) is 0 Å². The lowest BCUT2D eigenvalue weighted by atomic mass is 10.2. The van der Waals surface area contributed by atoms with Gasteiger partial charge in [-0.1, -0.05) is 6.07 Å². The van der Waals surface area contributed by atoms with Crippen molar-refractivity contribution < 1.29 is 4.39 Å². The summed E-state index contributed by atoms with van der Waals surface area (Å²) in [5, 5.41) is 3.19. The number of halogens is 1. The van der Waals surface area contributed by atoms with Gasteiger partial charge in [0.15, 0.2) is 0 Å². The molecular formula is C10H14FNS. The van der Waals surface area contributed by atoms with E-state index in [4.69, 9.17) is 0 Å². The molecule has 0 aliphatic carbocycles. The molecule has 1 rings (SSSR count). The molecule has 0 amide bonds. The first kappa shape index (κ1) is 10.4. The second kappa shape index (κ2) is 5.12. The number of aryl methyl sites for hydroxylation is 1. The molecular weight excluding hydrogens is 185 g/mol. The van der Waals surface area contributed by atoms with Crippen LogP contribution in [0, 0.1) is 12.7 Å². The number of hydrogen-bond donors (Lipinski definition) is 1. The minimum absolute atomic E-state index is 0.183. The summed E-state index contributed by atoms with van der Waals surface area (Å²) in [6.07, 6.45) is 2.06. The van der Waals surface area contributed by atoms with Crippen LogP contribution in [0.2, 0.25) is 0 Å². The van der Waals surface area contributed by atoms with Gasteiger partial charge >= 0.3 is 0 Å². The Bertz CT molecular complexity index is 276. The number of benzene rings is 1. The fraction of sp³-hybridized carbons (Fsp3) is 0.400. The number of thioether (sulfide) groups is 1. The third kappa shape index (κ3) is 3.27. The molecule has 0 aliphatic heterocycles. The third-order valence-electron chi connectivity index (χ3n) is 1.82. The second-order valence-corrected chi connectivity index (χ2v) is 3.86. The van der Waals surface area contributed by atoms with Gasteiger partial charge in [-0.15, -0.1) is 0 Å². The summed E-state index contributed by atoms with van der Waals surface area (Å²) >= 11 is 1.77. The molecule has 1 N–H and O–H groups in total. The normalized spacial score (nSPS) is 10.1. The van der Waals surface area contributed by atoms with Gasteiger partial charge in [-0.3, -0.25) is 0 Å². The van der Waals surface area contributed by atoms with E-state index in [9.17, 15) is 4.39 Å². The Morgan fingerprint density at radius 3 is 2.92 bits per heavy atom. The molecule has 1 aromatic rings. The van der Waals surface area contributed by atoms with Gasteiger partial charge in [0.25, 0.3) is 0 Å². The smallest absolute Gasteiger partial charge is 0.125 e. The van der Waals surface area contributed by atoms with E-state index in [1.165, 1.54) is 12.1 Å². The molecule has 0 fully saturated rings. The van der Waals surface area contributed by atoms with E-state index in [-0.39, 0.29) is 5.82 Å². The van der Waals surface area contributed by atoms with Crippen LogP contribution in [-0.4, -0.2) is 18.6 Å². The SMILES string of the molecule is CSCCNc1cc(F)ccc1C. The number of rotatable bonds is 4. The summed E-state index contributed by atoms with van der Waals surface area (Å²) in [6.45, 7) is 2.85. The first-order valence-electron chi connectivity index (χ1n) is 4.23. The van der Waals surface area contributed by atoms with Crippen molar-refractivity contribution in [2.75, 3.05) is 23.9 Å². The predicted molar refractivity (Wildman–Crippen MR) is 58.0 cm³/mol. The Balaban J connectivity index is 2.59. The van der Waals surface area contributed by atoms with Crippen molar-refractivity contribution >= 4 is 17.4 Å². The van der Waals surface area contributed by atoms with E-state index in [1.54, 1.807) is 17.8 Å². The molecule has 0 unspecified atom stereocenters. The molecule has 3 heteroatoms. The molecule has 13 heavy (non-hydrogen) atoms. The van der Waals surface area contributed by atoms with Crippen LogP contribution in [0.15, 0.2) is 18.2 Å². The van der Waals surface area contributed by atoms with Gasteiger partial charge < -0.3 is 5.32 Å². The second-order valence-electron chi connectivity index (χ2n) is 2.88. The Morgan fingerprint density at radius 1 is 1.46 bits per heavy atom. The largest absolute Gasteiger partial charge is 0.384 e. The third-order valence-corrected chi connectivity index (χ3v) is 2.43. The topological polar surface area (TPSA) is 12.0 Å². The highest BCUT2D eigenvalue weighted by Gasteiger charge is 1.98. The molecule has 0 spiro atoms. The lowest BCUT2D eigenvalue weighted by molar-refractivity contribution is 0.628. The molecule has 0 bridgehead atoms. The summed E-state index contributed by atoms with van der Waals surface area (Å²) in [7, 11) is 0. The summed E-state index contributed by atoms with van der Waals surface area (Å²) < 4.78 is 12.8. The Kier molecular flexibility index (Phi) is 4.09. The first-order chi connectivity index (χ1) is 6.24. The van der Waals surface area contributed by atoms with E-state index >= 15 is 0 Å². The summed E-state index contributed by atoms with van der Waals surface area (Å²) in [6, 6.07) is 4.81. The van der Waals surface area contributed by atoms with Crippen LogP contribution in [0.4, 0.5) is 10.1 Å². The molecule has 0 aliphatic rings. The van der Waals surface area contributed by atoms with E-state index in [0.29, 0.717) is 0 Å². The minimum atomic E-state index is -0.183. The zero-order valence-corrected chi connectivity index (χ0v) is 8.75. The molecule has 0 atom stereocenters. The van der Waals surface area contributed by atoms with E-state index in [0.717, 1.165) is 23.5 Å². The van der Waals surface area contributed by atoms with Gasteiger partial charge in [-0.2, -0.15) is 11.8 Å². The van der Waals surface area contributed by atoms with Gasteiger partial charge in [0.05, 0.1) is 0 Å². The summed E-state index contributed by atoms with van der Waals surface area (Å²) in [4.78, 5) is 0. The highest BCUT2D eigenvalue weighted by molar-refractivity contribution is 7.98. The highest BCUT2D eigenvalue weighted by atomic mass is 32.2. The van der Waals surface area contributed by atoms with Crippen LogP contribution < -0.4 is 5.32 Å². The van der Waals surface area contributed by atoms with Crippen molar-refractivity contribution in [2.45, 2.75) is 6.92 Å². The lowest BCUT2D eigenvalue weighted by Gasteiger charge is -2.08. The van der Waals surface area contributed by atoms with Crippen LogP contribution in [-0.2, 0) is 0 Å². The molecule has 1 aromatic carbocycles. The fourth-order valence-electron chi connectivity index (χ4n) is 1.07. The van der Waals surface area contributed by atoms with Gasteiger partial charge in [-0.25, -0.2) is 4.39 Å². The predicted octanol–water partition coefficient (Wildman–Crippen LogP) is 2.91. The molecule has 0 aromatic heterocycles. The van der Waals surface area contributed by atoms with E-state index < -0.39 is 0 Å². The molecule has 0 radical (unpaired) electrons. The van der Waals surface area contributed by atoms with Gasteiger partial charge in [0.2, 0.25) is 0 Å². The van der Waals surface area contributed by atoms with Crippen LogP contribution in [0.5, 0.6) is 0 Å². The van der Waals surface area contributed by atoms with Crippen molar-refractivity contribution in [3.05, 3.63) is 29.6 Å². The average Bonchev–Trinajstić information content (AvgIpc) is 2.11. The van der Waals surface area contributed by atoms with Crippen LogP contribution in [0.3, 0.4) is 0 Å². The molecule has 0 heterocycles. The van der Waals surface area contributed by atoms with Gasteiger partial charge in [-0.05, 0) is 30.9 Å². The number of anilines is 1. The standard InChI is InChI=1S/C10H14FNS/c1-8-3-4-9(11)7-10(8)12-5-6-13-2/h3-4,7,12H,5-6H2,1-2H3. The zero-order chi connectivity index (χ0) is 9.68. The monoisotopic (exact) mass is 199 g/mol. The van der Waals surface area contributed by atoms with Crippen molar-refractivity contribution in [1.29, 1.82) is 0 Å². The zero-order valence-electron chi connectivity index (χ0n) is 7.93. The molecule has 0 saturated carbocycles. The van der Waals surface area contributed by atoms with Crippen LogP contribution >= 0.6 is 11.8 Å². The van der Waals surface area contributed by atoms with Crippen molar-refractivity contribution in [1.82, 2.24) is 0 Å². The van der Waals surface area contributed by atoms with Gasteiger partial charge in [0.1, 0.15) is 5.82 Å². The lowest BCUT2D eigenvalue weighted by Crippen LogP contribution is -2.05. The van der Waals surface area contributed by atoms with Crippen molar-refractivity contribution in [2.24, 2.45) is 0 Å². The number of nitrogens with one attached hydrogen (secondary N) is 1. The van der Waals surface area contributed by atoms with Crippen LogP contribution in [0.1, 0.15) is 5.56 Å². The minimum Gasteiger partial charge on any atom is -0.384 e. The maximum atomic E-state index is 12.8. The maximum Gasteiger partial charge on any atom is 0.125 e. The van der Waals surface area contributed by atoms with Crippen molar-refractivity contribution in [3.8, 4) is 0 Å². The Morgan fingerprint density at radius 2 is 2.23 bits per heavy atom. The van der Waals surface area contributed by atoms with E-state index in [1.807, 2.05) is 6.92 Å². The first-order valence-corrected chi connectivity index (χ1v) is 5.62. The average molecular weight is 199 g/mol. The molecule has 0 saturated heterocycles. The Hall–Kier alpha value is -0.700. The quantitative estimate of drug-likeness (QED) is 0.748. The van der Waals surface area contributed by atoms with Crippen LogP contribution in [0.25, 0.3) is 0 Å².